The Morgan fingerprint density at radius 3 is 2.89 bits per heavy atom. The summed E-state index contributed by atoms with van der Waals surface area (Å²) in [6.45, 7) is 5.24. The molecular formula is C19H24F2N6O. The van der Waals surface area contributed by atoms with Crippen molar-refractivity contribution in [3.8, 4) is 11.4 Å². The maximum absolute atomic E-state index is 12.4. The van der Waals surface area contributed by atoms with E-state index in [1.165, 1.54) is 12.4 Å². The van der Waals surface area contributed by atoms with Gasteiger partial charge in [0.1, 0.15) is 18.0 Å². The molecule has 3 N–H and O–H groups in total. The Balaban J connectivity index is 1.81. The Bertz CT molecular complexity index is 852. The molecule has 0 amide bonds. The number of alkyl halides is 2. The molecule has 3 unspecified atom stereocenters. The number of hydrogen-bond donors (Lipinski definition) is 3. The van der Waals surface area contributed by atoms with Crippen LogP contribution in [0.2, 0.25) is 0 Å². The highest BCUT2D eigenvalue weighted by Crippen LogP contribution is 2.31. The van der Waals surface area contributed by atoms with Gasteiger partial charge in [0, 0.05) is 31.2 Å². The minimum absolute atomic E-state index is 0.143. The Hall–Kier alpha value is -2.68. The largest absolute Gasteiger partial charge is 0.396 e. The number of allylic oxidation sites excluding steroid dienone is 1. The van der Waals surface area contributed by atoms with Crippen LogP contribution in [-0.2, 0) is 0 Å². The van der Waals surface area contributed by atoms with Gasteiger partial charge in [0.15, 0.2) is 0 Å². The topological polar surface area (TPSA) is 102 Å². The number of anilines is 1. The number of nitrogens with one attached hydrogen (secondary N) is 2. The molecule has 9 heteroatoms. The fourth-order valence-corrected chi connectivity index (χ4v) is 3.52. The molecule has 1 aliphatic heterocycles. The van der Waals surface area contributed by atoms with Crippen molar-refractivity contribution in [2.24, 2.45) is 11.8 Å². The minimum Gasteiger partial charge on any atom is -0.396 e. The van der Waals surface area contributed by atoms with Crippen molar-refractivity contribution in [2.75, 3.05) is 18.1 Å². The van der Waals surface area contributed by atoms with E-state index >= 15 is 0 Å². The van der Waals surface area contributed by atoms with E-state index in [1.807, 2.05) is 6.07 Å². The van der Waals surface area contributed by atoms with Crippen molar-refractivity contribution in [1.82, 2.24) is 19.9 Å². The van der Waals surface area contributed by atoms with Crippen LogP contribution in [0.25, 0.3) is 17.5 Å². The number of aliphatic hydroxyl groups excluding tert-OH is 1. The summed E-state index contributed by atoms with van der Waals surface area (Å²) in [5.41, 5.74) is 0.490. The summed E-state index contributed by atoms with van der Waals surface area (Å²) < 4.78 is 24.8. The molecule has 28 heavy (non-hydrogen) atoms. The summed E-state index contributed by atoms with van der Waals surface area (Å²) in [4.78, 5) is 18.0. The SMILES string of the molecule is CC1CC(CO)C(C)N(c2cc(-c3cnc(/C=C\C(=N)C(F)F)[nH]3)ncn2)C1. The van der Waals surface area contributed by atoms with Gasteiger partial charge in [0.25, 0.3) is 6.43 Å². The van der Waals surface area contributed by atoms with Crippen molar-refractivity contribution >= 4 is 17.6 Å². The van der Waals surface area contributed by atoms with Gasteiger partial charge in [-0.1, -0.05) is 6.92 Å². The first-order valence-electron chi connectivity index (χ1n) is 9.18. The second kappa shape index (κ2) is 8.55. The first kappa shape index (κ1) is 20.1. The van der Waals surface area contributed by atoms with Crippen LogP contribution in [0.4, 0.5) is 14.6 Å². The predicted molar refractivity (Wildman–Crippen MR) is 104 cm³/mol. The Labute approximate surface area is 162 Å². The Morgan fingerprint density at radius 2 is 2.18 bits per heavy atom. The molecule has 0 spiro atoms. The van der Waals surface area contributed by atoms with Crippen molar-refractivity contribution in [3.05, 3.63) is 30.5 Å². The van der Waals surface area contributed by atoms with Crippen LogP contribution < -0.4 is 4.90 Å². The van der Waals surface area contributed by atoms with E-state index in [1.54, 1.807) is 6.20 Å². The molecule has 0 radical (unpaired) electrons. The standard InChI is InChI=1S/C19H24F2N6O/c1-11-5-13(9-28)12(2)27(8-11)18-6-15(24-10-25-18)16-7-23-17(26-16)4-3-14(22)19(20)21/h3-4,6-7,10-13,19,22,28H,5,8-9H2,1-2H3,(H,23,26)/b4-3-,22-14?. The second-order valence-electron chi connectivity index (χ2n) is 7.21. The molecule has 0 aliphatic carbocycles. The summed E-state index contributed by atoms with van der Waals surface area (Å²) in [5, 5.41) is 16.8. The van der Waals surface area contributed by atoms with Crippen molar-refractivity contribution in [1.29, 1.82) is 5.41 Å². The number of rotatable bonds is 6. The first-order valence-corrected chi connectivity index (χ1v) is 9.18. The van der Waals surface area contributed by atoms with E-state index in [4.69, 9.17) is 5.41 Å². The smallest absolute Gasteiger partial charge is 0.279 e. The molecule has 1 fully saturated rings. The third kappa shape index (κ3) is 4.41. The van der Waals surface area contributed by atoms with Crippen LogP contribution in [-0.4, -0.2) is 56.4 Å². The van der Waals surface area contributed by atoms with E-state index in [2.05, 4.69) is 38.7 Å². The van der Waals surface area contributed by atoms with Crippen LogP contribution in [0, 0.1) is 17.2 Å². The van der Waals surface area contributed by atoms with Gasteiger partial charge in [0.05, 0.1) is 23.3 Å². The molecule has 0 aromatic carbocycles. The van der Waals surface area contributed by atoms with Crippen molar-refractivity contribution in [2.45, 2.75) is 32.7 Å². The van der Waals surface area contributed by atoms with Gasteiger partial charge in [-0.2, -0.15) is 0 Å². The number of piperidine rings is 1. The fraction of sp³-hybridized carbons (Fsp3) is 0.474. The highest BCUT2D eigenvalue weighted by molar-refractivity contribution is 5.97. The van der Waals surface area contributed by atoms with E-state index < -0.39 is 12.1 Å². The number of aromatic nitrogens is 4. The average molecular weight is 390 g/mol. The summed E-state index contributed by atoms with van der Waals surface area (Å²) >= 11 is 0. The lowest BCUT2D eigenvalue weighted by Gasteiger charge is -2.42. The molecule has 7 nitrogen and oxygen atoms in total. The highest BCUT2D eigenvalue weighted by atomic mass is 19.3. The maximum Gasteiger partial charge on any atom is 0.279 e. The second-order valence-corrected chi connectivity index (χ2v) is 7.21. The predicted octanol–water partition coefficient (Wildman–Crippen LogP) is 3.01. The molecule has 0 bridgehead atoms. The van der Waals surface area contributed by atoms with Gasteiger partial charge in [-0.3, -0.25) is 5.41 Å². The Kier molecular flexibility index (Phi) is 6.13. The molecule has 0 saturated carbocycles. The normalized spacial score (nSPS) is 22.9. The van der Waals surface area contributed by atoms with Crippen LogP contribution in [0.3, 0.4) is 0 Å². The quantitative estimate of drug-likeness (QED) is 0.658. The summed E-state index contributed by atoms with van der Waals surface area (Å²) in [6, 6.07) is 2.01. The fourth-order valence-electron chi connectivity index (χ4n) is 3.52. The van der Waals surface area contributed by atoms with Crippen molar-refractivity contribution in [3.63, 3.8) is 0 Å². The average Bonchev–Trinajstić information content (AvgIpc) is 3.16. The van der Waals surface area contributed by atoms with Gasteiger partial charge in [-0.05, 0) is 31.4 Å². The summed E-state index contributed by atoms with van der Waals surface area (Å²) in [5.74, 6) is 1.77. The molecular weight excluding hydrogens is 366 g/mol. The zero-order valence-electron chi connectivity index (χ0n) is 15.8. The number of aliphatic hydroxyl groups is 1. The third-order valence-corrected chi connectivity index (χ3v) is 5.10. The maximum atomic E-state index is 12.4. The molecule has 3 heterocycles. The van der Waals surface area contributed by atoms with Crippen LogP contribution in [0.15, 0.2) is 24.7 Å². The van der Waals surface area contributed by atoms with E-state index in [0.717, 1.165) is 24.9 Å². The van der Waals surface area contributed by atoms with Gasteiger partial charge in [-0.25, -0.2) is 23.7 Å². The molecule has 3 atom stereocenters. The third-order valence-electron chi connectivity index (χ3n) is 5.10. The molecule has 1 saturated heterocycles. The number of nitrogens with zero attached hydrogens (tertiary/aromatic N) is 4. The minimum atomic E-state index is -2.81. The number of H-pyrrole nitrogens is 1. The monoisotopic (exact) mass is 390 g/mol. The number of hydrogen-bond acceptors (Lipinski definition) is 6. The number of aromatic amines is 1. The summed E-state index contributed by atoms with van der Waals surface area (Å²) in [7, 11) is 0. The highest BCUT2D eigenvalue weighted by Gasteiger charge is 2.32. The number of imidazole rings is 1. The van der Waals surface area contributed by atoms with Gasteiger partial charge in [0.2, 0.25) is 0 Å². The molecule has 150 valence electrons. The van der Waals surface area contributed by atoms with E-state index in [0.29, 0.717) is 23.1 Å². The van der Waals surface area contributed by atoms with Gasteiger partial charge >= 0.3 is 0 Å². The van der Waals surface area contributed by atoms with Gasteiger partial charge < -0.3 is 15.0 Å². The van der Waals surface area contributed by atoms with Crippen LogP contribution in [0.1, 0.15) is 26.1 Å². The first-order chi connectivity index (χ1) is 13.4. The molecule has 2 aromatic heterocycles. The lowest BCUT2D eigenvalue weighted by atomic mass is 9.85. The van der Waals surface area contributed by atoms with Gasteiger partial charge in [-0.15, -0.1) is 0 Å². The number of halogens is 2. The lowest BCUT2D eigenvalue weighted by Crippen LogP contribution is -2.48. The van der Waals surface area contributed by atoms with Crippen LogP contribution >= 0.6 is 0 Å². The zero-order chi connectivity index (χ0) is 20.3. The van der Waals surface area contributed by atoms with E-state index in [9.17, 15) is 13.9 Å². The summed E-state index contributed by atoms with van der Waals surface area (Å²) in [6.07, 6.45) is 3.57. The zero-order valence-corrected chi connectivity index (χ0v) is 15.8. The van der Waals surface area contributed by atoms with E-state index in [-0.39, 0.29) is 18.6 Å². The lowest BCUT2D eigenvalue weighted by molar-refractivity contribution is 0.160. The molecule has 3 rings (SSSR count). The molecule has 1 aliphatic rings. The van der Waals surface area contributed by atoms with Crippen molar-refractivity contribution < 1.29 is 13.9 Å². The molecule has 2 aromatic rings. The van der Waals surface area contributed by atoms with Crippen LogP contribution in [0.5, 0.6) is 0 Å². The Morgan fingerprint density at radius 1 is 1.39 bits per heavy atom.